The second kappa shape index (κ2) is 2.95. The van der Waals surface area contributed by atoms with Crippen LogP contribution in [0.3, 0.4) is 0 Å². The smallest absolute Gasteiger partial charge is 0.296 e. The lowest BCUT2D eigenvalue weighted by Gasteiger charge is -2.20. The molecular weight excluding hydrogens is 190 g/mol. The normalized spacial score (nSPS) is 15.9. The molecule has 0 aliphatic heterocycles. The first-order valence-electron chi connectivity index (χ1n) is 2.69. The van der Waals surface area contributed by atoms with Crippen molar-refractivity contribution in [1.29, 1.82) is 0 Å². The highest BCUT2D eigenvalue weighted by Gasteiger charge is 2.64. The van der Waals surface area contributed by atoms with E-state index >= 15 is 0 Å². The molecule has 0 aliphatic carbocycles. The van der Waals surface area contributed by atoms with Gasteiger partial charge in [-0.3, -0.25) is 4.79 Å². The van der Waals surface area contributed by atoms with Gasteiger partial charge in [-0.2, -0.15) is 22.0 Å². The van der Waals surface area contributed by atoms with Crippen LogP contribution in [0.15, 0.2) is 0 Å². The summed E-state index contributed by atoms with van der Waals surface area (Å²) in [6.07, 6.45) is -9.85. The van der Waals surface area contributed by atoms with Crippen molar-refractivity contribution < 1.29 is 31.1 Å². The number of rotatable bonds is 2. The molecule has 0 spiro atoms. The van der Waals surface area contributed by atoms with E-state index in [4.69, 9.17) is 0 Å². The van der Waals surface area contributed by atoms with Crippen LogP contribution in [0.1, 0.15) is 6.92 Å². The molecule has 0 bridgehead atoms. The van der Waals surface area contributed by atoms with Gasteiger partial charge in [-0.05, 0) is 6.92 Å². The average Bonchev–Trinajstić information content (AvgIpc) is 1.83. The highest BCUT2D eigenvalue weighted by atomic mass is 19.4. The lowest BCUT2D eigenvalue weighted by molar-refractivity contribution is -0.298. The number of carbonyl (C=O) groups is 1. The van der Waals surface area contributed by atoms with Gasteiger partial charge in [0.25, 0.3) is 0 Å². The summed E-state index contributed by atoms with van der Waals surface area (Å²) in [5.41, 5.74) is 0. The van der Waals surface area contributed by atoms with Gasteiger partial charge in [-0.15, -0.1) is 0 Å². The minimum atomic E-state index is -6.03. The van der Waals surface area contributed by atoms with Crippen LogP contribution < -0.4 is 0 Å². The summed E-state index contributed by atoms with van der Waals surface area (Å²) in [6.45, 7) is 0.324. The largest absolute Gasteiger partial charge is 0.456 e. The quantitative estimate of drug-likeness (QED) is 0.615. The second-order valence-electron chi connectivity index (χ2n) is 2.09. The minimum absolute atomic E-state index is 0.324. The van der Waals surface area contributed by atoms with E-state index in [1.165, 1.54) is 0 Å². The summed E-state index contributed by atoms with van der Waals surface area (Å²) in [4.78, 5) is 9.88. The Balaban J connectivity index is 4.73. The number of halogens is 6. The maximum Gasteiger partial charge on any atom is 0.456 e. The molecule has 0 heterocycles. The van der Waals surface area contributed by atoms with Crippen LogP contribution in [0, 0.1) is 0 Å². The van der Waals surface area contributed by atoms with Crippen molar-refractivity contribution in [2.75, 3.05) is 0 Å². The van der Waals surface area contributed by atoms with Crippen LogP contribution >= 0.6 is 0 Å². The molecule has 1 nitrogen and oxygen atoms in total. The molecule has 0 aromatic carbocycles. The van der Waals surface area contributed by atoms with Crippen molar-refractivity contribution in [2.24, 2.45) is 0 Å². The molecule has 0 rings (SSSR count). The molecule has 0 aromatic rings. The van der Waals surface area contributed by atoms with E-state index < -0.39 is 24.1 Å². The average molecular weight is 194 g/mol. The predicted octanol–water partition coefficient (Wildman–Crippen LogP) is 2.11. The van der Waals surface area contributed by atoms with Gasteiger partial charge in [0.1, 0.15) is 0 Å². The highest BCUT2D eigenvalue weighted by molar-refractivity contribution is 5.81. The summed E-state index contributed by atoms with van der Waals surface area (Å²) in [7, 11) is 0. The Morgan fingerprint density at radius 1 is 1.17 bits per heavy atom. The van der Waals surface area contributed by atoms with Gasteiger partial charge in [-0.25, -0.2) is 4.39 Å². The Morgan fingerprint density at radius 3 is 1.58 bits per heavy atom. The number of carbonyl (C=O) groups excluding carboxylic acids is 1. The van der Waals surface area contributed by atoms with E-state index in [0.717, 1.165) is 0 Å². The molecule has 0 radical (unpaired) electrons. The Hall–Kier alpha value is -0.750. The number of alkyl halides is 6. The molecule has 1 unspecified atom stereocenters. The fourth-order valence-corrected chi connectivity index (χ4v) is 0.399. The number of ketones is 1. The van der Waals surface area contributed by atoms with Gasteiger partial charge in [0.05, 0.1) is 0 Å². The molecule has 0 saturated carbocycles. The molecule has 0 aromatic heterocycles. The van der Waals surface area contributed by atoms with Gasteiger partial charge in [0, 0.05) is 0 Å². The van der Waals surface area contributed by atoms with E-state index in [1.54, 1.807) is 0 Å². The summed E-state index contributed by atoms with van der Waals surface area (Å²) in [5, 5.41) is 0. The van der Waals surface area contributed by atoms with Crippen molar-refractivity contribution in [3.05, 3.63) is 0 Å². The second-order valence-corrected chi connectivity index (χ2v) is 2.09. The minimum Gasteiger partial charge on any atom is -0.296 e. The van der Waals surface area contributed by atoms with E-state index in [9.17, 15) is 31.1 Å². The maximum absolute atomic E-state index is 12.0. The van der Waals surface area contributed by atoms with Gasteiger partial charge < -0.3 is 0 Å². The van der Waals surface area contributed by atoms with Crippen molar-refractivity contribution in [2.45, 2.75) is 25.2 Å². The first-order chi connectivity index (χ1) is 5.10. The lowest BCUT2D eigenvalue weighted by atomic mass is 10.1. The molecule has 0 fully saturated rings. The summed E-state index contributed by atoms with van der Waals surface area (Å²) in [5.74, 6) is -7.45. The molecule has 7 heteroatoms. The summed E-state index contributed by atoms with van der Waals surface area (Å²) in [6, 6.07) is 0. The third-order valence-electron chi connectivity index (χ3n) is 1.05. The molecule has 1 atom stereocenters. The Kier molecular flexibility index (Phi) is 2.76. The van der Waals surface area contributed by atoms with Gasteiger partial charge in [0.2, 0.25) is 6.17 Å². The van der Waals surface area contributed by atoms with Gasteiger partial charge >= 0.3 is 12.1 Å². The fourth-order valence-electron chi connectivity index (χ4n) is 0.399. The SMILES string of the molecule is CC(=O)C(F)C(F)(F)C(F)(F)F. The zero-order valence-electron chi connectivity index (χ0n) is 5.75. The fraction of sp³-hybridized carbons (Fsp3) is 0.800. The van der Waals surface area contributed by atoms with Crippen LogP contribution in [-0.4, -0.2) is 24.1 Å². The van der Waals surface area contributed by atoms with Crippen molar-refractivity contribution >= 4 is 5.78 Å². The number of Topliss-reactive ketones (excluding diaryl/α,β-unsaturated/α-hetero) is 1. The predicted molar refractivity (Wildman–Crippen MR) is 26.6 cm³/mol. The molecule has 12 heavy (non-hydrogen) atoms. The zero-order valence-corrected chi connectivity index (χ0v) is 5.75. The number of hydrogen-bond acceptors (Lipinski definition) is 1. The van der Waals surface area contributed by atoms with Crippen LogP contribution in [0.4, 0.5) is 26.3 Å². The van der Waals surface area contributed by atoms with Gasteiger partial charge in [-0.1, -0.05) is 0 Å². The van der Waals surface area contributed by atoms with Crippen LogP contribution in [0.25, 0.3) is 0 Å². The van der Waals surface area contributed by atoms with E-state index in [-0.39, 0.29) is 0 Å². The molecule has 0 saturated heterocycles. The molecule has 72 valence electrons. The molecule has 0 aliphatic rings. The van der Waals surface area contributed by atoms with Crippen molar-refractivity contribution in [3.63, 3.8) is 0 Å². The molecule has 0 N–H and O–H groups in total. The van der Waals surface area contributed by atoms with Crippen molar-refractivity contribution in [1.82, 2.24) is 0 Å². The molecule has 0 amide bonds. The first kappa shape index (κ1) is 11.2. The van der Waals surface area contributed by atoms with Gasteiger partial charge in [0.15, 0.2) is 5.78 Å². The zero-order chi connectivity index (χ0) is 10.2. The van der Waals surface area contributed by atoms with E-state index in [1.807, 2.05) is 0 Å². The number of hydrogen-bond donors (Lipinski definition) is 0. The summed E-state index contributed by atoms with van der Waals surface area (Å²) >= 11 is 0. The Bertz CT molecular complexity index is 183. The van der Waals surface area contributed by atoms with Crippen LogP contribution in [-0.2, 0) is 4.79 Å². The summed E-state index contributed by atoms with van der Waals surface area (Å²) < 4.78 is 69.6. The monoisotopic (exact) mass is 194 g/mol. The first-order valence-corrected chi connectivity index (χ1v) is 2.69. The molecular formula is C5H4F6O. The third-order valence-corrected chi connectivity index (χ3v) is 1.05. The maximum atomic E-state index is 12.0. The Morgan fingerprint density at radius 2 is 1.50 bits per heavy atom. The lowest BCUT2D eigenvalue weighted by Crippen LogP contribution is -2.47. The topological polar surface area (TPSA) is 17.1 Å². The van der Waals surface area contributed by atoms with Crippen LogP contribution in [0.5, 0.6) is 0 Å². The Labute approximate surface area is 63.4 Å². The van der Waals surface area contributed by atoms with E-state index in [2.05, 4.69) is 0 Å². The highest BCUT2D eigenvalue weighted by Crippen LogP contribution is 2.39. The van der Waals surface area contributed by atoms with Crippen molar-refractivity contribution in [3.8, 4) is 0 Å². The standard InChI is InChI=1S/C5H4F6O/c1-2(12)3(6)4(7,8)5(9,10)11/h3H,1H3. The van der Waals surface area contributed by atoms with Crippen LogP contribution in [0.2, 0.25) is 0 Å². The van der Waals surface area contributed by atoms with E-state index in [0.29, 0.717) is 6.92 Å². The third kappa shape index (κ3) is 1.89.